The minimum absolute atomic E-state index is 0.381. The molecule has 0 fully saturated rings. The maximum atomic E-state index is 12.5. The summed E-state index contributed by atoms with van der Waals surface area (Å²) in [5.41, 5.74) is 3.24. The number of nitrogens with zero attached hydrogens (tertiary/aromatic N) is 2. The average molecular weight is 237 g/mol. The molecule has 1 rings (SSSR count). The summed E-state index contributed by atoms with van der Waals surface area (Å²) in [5.74, 6) is -0.812. The van der Waals surface area contributed by atoms with Crippen LogP contribution >= 0.6 is 0 Å². The molecule has 1 atom stereocenters. The Morgan fingerprint density at radius 2 is 2.25 bits per heavy atom. The van der Waals surface area contributed by atoms with Crippen molar-refractivity contribution >= 4 is 5.91 Å². The lowest BCUT2D eigenvalue weighted by molar-refractivity contribution is -0.143. The molecule has 1 heterocycles. The number of carbonyl (C=O) groups is 1. The third-order valence-electron chi connectivity index (χ3n) is 1.83. The molecule has 0 aliphatic rings. The third-order valence-corrected chi connectivity index (χ3v) is 1.83. The lowest BCUT2D eigenvalue weighted by atomic mass is 10.1. The number of nitrogens with two attached hydrogens (primary N) is 1. The van der Waals surface area contributed by atoms with Crippen LogP contribution in [0.4, 0.5) is 13.2 Å². The highest BCUT2D eigenvalue weighted by Crippen LogP contribution is 2.33. The maximum Gasteiger partial charge on any atom is 0.435 e. The Balaban J connectivity index is 3.15. The standard InChI is InChI=1S/C8H10F3N3O2/c1-4(15)5-2-14(3-6(12)16)13-7(5)8(9,10)11/h2,4,15H,3H2,1H3,(H2,12,16). The third kappa shape index (κ3) is 2.72. The smallest absolute Gasteiger partial charge is 0.389 e. The normalized spacial score (nSPS) is 13.8. The summed E-state index contributed by atoms with van der Waals surface area (Å²) >= 11 is 0. The van der Waals surface area contributed by atoms with E-state index in [1.807, 2.05) is 0 Å². The van der Waals surface area contributed by atoms with E-state index < -0.39 is 30.4 Å². The minimum atomic E-state index is -4.67. The van der Waals surface area contributed by atoms with Crippen LogP contribution in [0.25, 0.3) is 0 Å². The predicted octanol–water partition coefficient (Wildman–Crippen LogP) is 0.441. The lowest BCUT2D eigenvalue weighted by Gasteiger charge is -2.06. The molecule has 16 heavy (non-hydrogen) atoms. The van der Waals surface area contributed by atoms with Gasteiger partial charge in [-0.2, -0.15) is 18.3 Å². The van der Waals surface area contributed by atoms with E-state index in [4.69, 9.17) is 10.8 Å². The Morgan fingerprint density at radius 1 is 1.69 bits per heavy atom. The molecule has 0 saturated carbocycles. The van der Waals surface area contributed by atoms with E-state index >= 15 is 0 Å². The van der Waals surface area contributed by atoms with E-state index in [0.29, 0.717) is 0 Å². The second kappa shape index (κ2) is 4.12. The minimum Gasteiger partial charge on any atom is -0.389 e. The van der Waals surface area contributed by atoms with E-state index in [9.17, 15) is 18.0 Å². The number of aromatic nitrogens is 2. The lowest BCUT2D eigenvalue weighted by Crippen LogP contribution is -2.19. The Labute approximate surface area is 88.7 Å². The van der Waals surface area contributed by atoms with Gasteiger partial charge in [-0.1, -0.05) is 0 Å². The highest BCUT2D eigenvalue weighted by atomic mass is 19.4. The molecule has 3 N–H and O–H groups in total. The number of halogens is 3. The first-order chi connectivity index (χ1) is 7.21. The molecule has 0 aromatic carbocycles. The zero-order valence-electron chi connectivity index (χ0n) is 8.32. The van der Waals surface area contributed by atoms with Crippen molar-refractivity contribution in [2.24, 2.45) is 5.73 Å². The van der Waals surface area contributed by atoms with Gasteiger partial charge in [0.05, 0.1) is 6.10 Å². The largest absolute Gasteiger partial charge is 0.435 e. The molecule has 0 aliphatic carbocycles. The summed E-state index contributed by atoms with van der Waals surface area (Å²) in [6.07, 6.45) is -5.04. The van der Waals surface area contributed by atoms with Crippen LogP contribution in [0.1, 0.15) is 24.3 Å². The summed E-state index contributed by atoms with van der Waals surface area (Å²) in [5, 5.41) is 12.3. The van der Waals surface area contributed by atoms with Crippen molar-refractivity contribution in [2.75, 3.05) is 0 Å². The molecule has 0 aliphatic heterocycles. The summed E-state index contributed by atoms with van der Waals surface area (Å²) < 4.78 is 38.1. The Morgan fingerprint density at radius 3 is 2.56 bits per heavy atom. The van der Waals surface area contributed by atoms with E-state index in [1.54, 1.807) is 0 Å². The Bertz CT molecular complexity index is 398. The van der Waals surface area contributed by atoms with Crippen molar-refractivity contribution in [1.82, 2.24) is 9.78 Å². The molecule has 1 aromatic heterocycles. The van der Waals surface area contributed by atoms with Crippen LogP contribution in [-0.2, 0) is 17.5 Å². The number of amides is 1. The summed E-state index contributed by atoms with van der Waals surface area (Å²) in [7, 11) is 0. The van der Waals surface area contributed by atoms with Crippen molar-refractivity contribution < 1.29 is 23.1 Å². The molecular formula is C8H10F3N3O2. The van der Waals surface area contributed by atoms with Gasteiger partial charge in [-0.3, -0.25) is 9.48 Å². The van der Waals surface area contributed by atoms with E-state index in [0.717, 1.165) is 10.9 Å². The van der Waals surface area contributed by atoms with Crippen molar-refractivity contribution in [3.8, 4) is 0 Å². The van der Waals surface area contributed by atoms with Gasteiger partial charge in [-0.15, -0.1) is 0 Å². The highest BCUT2D eigenvalue weighted by molar-refractivity contribution is 5.73. The number of rotatable bonds is 3. The topological polar surface area (TPSA) is 81.1 Å². The van der Waals surface area contributed by atoms with Crippen LogP contribution in [0.2, 0.25) is 0 Å². The molecule has 0 spiro atoms. The number of aliphatic hydroxyl groups is 1. The summed E-state index contributed by atoms with van der Waals surface area (Å²) in [4.78, 5) is 10.5. The molecule has 90 valence electrons. The SMILES string of the molecule is CC(O)c1cn(CC(N)=O)nc1C(F)(F)F. The van der Waals surface area contributed by atoms with Gasteiger partial charge >= 0.3 is 6.18 Å². The zero-order valence-corrected chi connectivity index (χ0v) is 8.32. The number of primary amides is 1. The van der Waals surface area contributed by atoms with Gasteiger partial charge in [0, 0.05) is 11.8 Å². The van der Waals surface area contributed by atoms with Gasteiger partial charge in [-0.25, -0.2) is 0 Å². The second-order valence-corrected chi connectivity index (χ2v) is 3.27. The molecule has 8 heteroatoms. The first-order valence-corrected chi connectivity index (χ1v) is 4.32. The van der Waals surface area contributed by atoms with Gasteiger partial charge < -0.3 is 10.8 Å². The van der Waals surface area contributed by atoms with Gasteiger partial charge in [0.1, 0.15) is 6.54 Å². The van der Waals surface area contributed by atoms with Gasteiger partial charge in [-0.05, 0) is 6.92 Å². The fraction of sp³-hybridized carbons (Fsp3) is 0.500. The molecular weight excluding hydrogens is 227 g/mol. The number of hydrogen-bond acceptors (Lipinski definition) is 3. The Hall–Kier alpha value is -1.57. The van der Waals surface area contributed by atoms with E-state index in [2.05, 4.69) is 5.10 Å². The van der Waals surface area contributed by atoms with Crippen LogP contribution in [0.15, 0.2) is 6.20 Å². The fourth-order valence-electron chi connectivity index (χ4n) is 1.20. The first kappa shape index (κ1) is 12.5. The van der Waals surface area contributed by atoms with E-state index in [1.165, 1.54) is 6.92 Å². The van der Waals surface area contributed by atoms with Crippen LogP contribution in [0.3, 0.4) is 0 Å². The molecule has 5 nitrogen and oxygen atoms in total. The van der Waals surface area contributed by atoms with Crippen LogP contribution < -0.4 is 5.73 Å². The second-order valence-electron chi connectivity index (χ2n) is 3.27. The quantitative estimate of drug-likeness (QED) is 0.800. The van der Waals surface area contributed by atoms with E-state index in [-0.39, 0.29) is 5.56 Å². The maximum absolute atomic E-state index is 12.5. The first-order valence-electron chi connectivity index (χ1n) is 4.32. The van der Waals surface area contributed by atoms with Gasteiger partial charge in [0.25, 0.3) is 0 Å². The van der Waals surface area contributed by atoms with Gasteiger partial charge in [0.2, 0.25) is 5.91 Å². The molecule has 1 aromatic rings. The number of aliphatic hydroxyl groups excluding tert-OH is 1. The fourth-order valence-corrected chi connectivity index (χ4v) is 1.20. The predicted molar refractivity (Wildman–Crippen MR) is 47.1 cm³/mol. The van der Waals surface area contributed by atoms with Crippen molar-refractivity contribution in [3.63, 3.8) is 0 Å². The molecule has 1 unspecified atom stereocenters. The molecule has 0 radical (unpaired) electrons. The van der Waals surface area contributed by atoms with Gasteiger partial charge in [0.15, 0.2) is 5.69 Å². The van der Waals surface area contributed by atoms with Crippen molar-refractivity contribution in [1.29, 1.82) is 0 Å². The Kier molecular flexibility index (Phi) is 3.22. The molecule has 1 amide bonds. The zero-order chi connectivity index (χ0) is 12.5. The van der Waals surface area contributed by atoms with Crippen LogP contribution in [-0.4, -0.2) is 20.8 Å². The summed E-state index contributed by atoms with van der Waals surface area (Å²) in [6.45, 7) is 0.719. The number of hydrogen-bond donors (Lipinski definition) is 2. The van der Waals surface area contributed by atoms with Crippen LogP contribution in [0, 0.1) is 0 Å². The number of alkyl halides is 3. The monoisotopic (exact) mass is 237 g/mol. The highest BCUT2D eigenvalue weighted by Gasteiger charge is 2.38. The summed E-state index contributed by atoms with van der Waals surface area (Å²) in [6, 6.07) is 0. The van der Waals surface area contributed by atoms with Crippen LogP contribution in [0.5, 0.6) is 0 Å². The average Bonchev–Trinajstić information content (AvgIpc) is 2.45. The van der Waals surface area contributed by atoms with Crippen molar-refractivity contribution in [2.45, 2.75) is 25.7 Å². The molecule has 0 saturated heterocycles. The van der Waals surface area contributed by atoms with Crippen molar-refractivity contribution in [3.05, 3.63) is 17.5 Å². The number of carbonyl (C=O) groups excluding carboxylic acids is 1. The molecule has 0 bridgehead atoms.